The summed E-state index contributed by atoms with van der Waals surface area (Å²) in [6.45, 7) is 0. The Morgan fingerprint density at radius 1 is 0.302 bits per heavy atom. The van der Waals surface area contributed by atoms with E-state index in [2.05, 4.69) is 226 Å². The monoisotopic (exact) mass is 801 g/mol. The van der Waals surface area contributed by atoms with E-state index >= 15 is 0 Å². The zero-order valence-electron chi connectivity index (χ0n) is 33.9. The molecule has 0 radical (unpaired) electrons. The van der Waals surface area contributed by atoms with Gasteiger partial charge in [-0.1, -0.05) is 140 Å². The van der Waals surface area contributed by atoms with Crippen LogP contribution >= 0.6 is 0 Å². The molecule has 0 N–H and O–H groups in total. The molecule has 0 atom stereocenters. The Kier molecular flexibility index (Phi) is 7.05. The molecular formula is C58H35N5. The Hall–Kier alpha value is -8.54. The summed E-state index contributed by atoms with van der Waals surface area (Å²) in [5.74, 6) is 0.642. The number of para-hydroxylation sites is 5. The van der Waals surface area contributed by atoms with Gasteiger partial charge in [0.25, 0.3) is 0 Å². The number of nitrogens with zero attached hydrogens (tertiary/aromatic N) is 5. The third kappa shape index (κ3) is 4.87. The Morgan fingerprint density at radius 2 is 0.857 bits per heavy atom. The van der Waals surface area contributed by atoms with Gasteiger partial charge in [-0.3, -0.25) is 4.57 Å². The van der Waals surface area contributed by atoms with Crippen molar-refractivity contribution in [2.24, 2.45) is 0 Å². The summed E-state index contributed by atoms with van der Waals surface area (Å²) in [5, 5.41) is 13.0. The fourth-order valence-corrected chi connectivity index (χ4v) is 10.5. The highest BCUT2D eigenvalue weighted by Crippen LogP contribution is 2.43. The van der Waals surface area contributed by atoms with Gasteiger partial charge in [0, 0.05) is 54.3 Å². The predicted octanol–water partition coefficient (Wildman–Crippen LogP) is 14.9. The van der Waals surface area contributed by atoms with Crippen molar-refractivity contribution in [3.8, 4) is 28.6 Å². The lowest BCUT2D eigenvalue weighted by atomic mass is 10.0. The number of aromatic nitrogens is 5. The molecule has 14 rings (SSSR count). The van der Waals surface area contributed by atoms with Crippen LogP contribution in [0.25, 0.3) is 126 Å². The lowest BCUT2D eigenvalue weighted by molar-refractivity contribution is 1.01. The molecule has 0 amide bonds. The first-order valence-corrected chi connectivity index (χ1v) is 21.5. The molecule has 10 aromatic carbocycles. The van der Waals surface area contributed by atoms with E-state index in [9.17, 15) is 0 Å². The molecule has 63 heavy (non-hydrogen) atoms. The molecule has 292 valence electrons. The second-order valence-electron chi connectivity index (χ2n) is 16.6. The zero-order chi connectivity index (χ0) is 41.2. The van der Waals surface area contributed by atoms with Crippen LogP contribution in [0.4, 0.5) is 0 Å². The van der Waals surface area contributed by atoms with Crippen LogP contribution in [0.1, 0.15) is 0 Å². The minimum atomic E-state index is 0.642. The molecule has 0 bridgehead atoms. The van der Waals surface area contributed by atoms with Crippen molar-refractivity contribution in [3.63, 3.8) is 0 Å². The average Bonchev–Trinajstić information content (AvgIpc) is 3.97. The molecule has 0 unspecified atom stereocenters. The Morgan fingerprint density at radius 3 is 1.65 bits per heavy atom. The van der Waals surface area contributed by atoms with Crippen molar-refractivity contribution >= 4 is 97.9 Å². The molecule has 0 spiro atoms. The molecular weight excluding hydrogens is 767 g/mol. The second-order valence-corrected chi connectivity index (χ2v) is 16.6. The van der Waals surface area contributed by atoms with E-state index < -0.39 is 0 Å². The largest absolute Gasteiger partial charge is 0.309 e. The van der Waals surface area contributed by atoms with E-state index in [1.807, 2.05) is 0 Å². The van der Waals surface area contributed by atoms with Gasteiger partial charge in [-0.15, -0.1) is 0 Å². The molecule has 5 heteroatoms. The Balaban J connectivity index is 1.04. The highest BCUT2D eigenvalue weighted by molar-refractivity contribution is 6.19. The third-order valence-electron chi connectivity index (χ3n) is 13.2. The smallest absolute Gasteiger partial charge is 0.235 e. The molecule has 14 aromatic rings. The molecule has 0 fully saturated rings. The molecule has 0 aliphatic rings. The van der Waals surface area contributed by atoms with Gasteiger partial charge in [0.05, 0.1) is 50.0 Å². The number of fused-ring (bicyclic) bond motifs is 12. The van der Waals surface area contributed by atoms with Crippen LogP contribution in [-0.4, -0.2) is 23.7 Å². The molecule has 4 aromatic heterocycles. The van der Waals surface area contributed by atoms with E-state index in [-0.39, 0.29) is 0 Å². The minimum Gasteiger partial charge on any atom is -0.309 e. The maximum Gasteiger partial charge on any atom is 0.235 e. The summed E-state index contributed by atoms with van der Waals surface area (Å²) < 4.78 is 7.09. The van der Waals surface area contributed by atoms with Crippen molar-refractivity contribution in [1.29, 1.82) is 0 Å². The SMILES string of the molecule is c1ccc(-n2c3ccccc3c3c(-c4nc(-n5c6ccccc6c6cc7c(-n8c9ccccc9c9cc%10ccccc%10cc98)cccc7cc65)nc5ccccc45)cccc32)cc1. The average molecular weight is 802 g/mol. The van der Waals surface area contributed by atoms with Crippen molar-refractivity contribution in [2.45, 2.75) is 0 Å². The topological polar surface area (TPSA) is 40.6 Å². The number of rotatable bonds is 4. The summed E-state index contributed by atoms with van der Waals surface area (Å²) in [4.78, 5) is 11.0. The van der Waals surface area contributed by atoms with Crippen LogP contribution < -0.4 is 0 Å². The van der Waals surface area contributed by atoms with Crippen molar-refractivity contribution < 1.29 is 0 Å². The van der Waals surface area contributed by atoms with E-state index in [1.165, 1.54) is 48.7 Å². The maximum absolute atomic E-state index is 5.62. The van der Waals surface area contributed by atoms with Crippen LogP contribution in [0.2, 0.25) is 0 Å². The van der Waals surface area contributed by atoms with Crippen LogP contribution in [0.5, 0.6) is 0 Å². The van der Waals surface area contributed by atoms with Gasteiger partial charge in [-0.2, -0.15) is 0 Å². The third-order valence-corrected chi connectivity index (χ3v) is 13.2. The van der Waals surface area contributed by atoms with Crippen LogP contribution in [0.3, 0.4) is 0 Å². The summed E-state index contributed by atoms with van der Waals surface area (Å²) in [6, 6.07) is 76.6. The Bertz CT molecular complexity index is 4210. The summed E-state index contributed by atoms with van der Waals surface area (Å²) in [7, 11) is 0. The molecule has 0 saturated heterocycles. The quantitative estimate of drug-likeness (QED) is 0.178. The van der Waals surface area contributed by atoms with Gasteiger partial charge in [0.15, 0.2) is 0 Å². The van der Waals surface area contributed by atoms with Gasteiger partial charge in [0.2, 0.25) is 5.95 Å². The molecule has 5 nitrogen and oxygen atoms in total. The highest BCUT2D eigenvalue weighted by atomic mass is 15.2. The fraction of sp³-hybridized carbons (Fsp3) is 0. The Labute approximate surface area is 360 Å². The molecule has 0 saturated carbocycles. The summed E-state index contributed by atoms with van der Waals surface area (Å²) in [6.07, 6.45) is 0. The minimum absolute atomic E-state index is 0.642. The van der Waals surface area contributed by atoms with Crippen molar-refractivity contribution in [2.75, 3.05) is 0 Å². The maximum atomic E-state index is 5.62. The normalized spacial score (nSPS) is 12.1. The zero-order valence-corrected chi connectivity index (χ0v) is 33.9. The molecule has 4 heterocycles. The lowest BCUT2D eigenvalue weighted by Gasteiger charge is -2.14. The standard InChI is InChI=1S/C58H35N5/c1-2-19-39(20-3-1)61-51-29-13-9-24-43(51)56-44(25-15-31-53(56)61)57-42-23-6-10-26-48(42)59-58(60-57)63-50-28-12-8-22-41(50)47-35-45-38(34-55(47)63)18-14-30-52(45)62-49-27-11-7-21-40(49)46-32-36-16-4-5-17-37(36)33-54(46)62/h1-35H. The van der Waals surface area contributed by atoms with Crippen LogP contribution in [0, 0.1) is 0 Å². The molecule has 0 aliphatic carbocycles. The first-order chi connectivity index (χ1) is 31.3. The van der Waals surface area contributed by atoms with E-state index in [0.29, 0.717) is 5.95 Å². The van der Waals surface area contributed by atoms with Crippen molar-refractivity contribution in [1.82, 2.24) is 23.7 Å². The van der Waals surface area contributed by atoms with Gasteiger partial charge in [-0.25, -0.2) is 9.97 Å². The molecule has 0 aliphatic heterocycles. The van der Waals surface area contributed by atoms with Crippen LogP contribution in [0.15, 0.2) is 212 Å². The van der Waals surface area contributed by atoms with Crippen LogP contribution in [-0.2, 0) is 0 Å². The first-order valence-electron chi connectivity index (χ1n) is 21.5. The van der Waals surface area contributed by atoms with E-state index in [0.717, 1.165) is 71.8 Å². The van der Waals surface area contributed by atoms with E-state index in [4.69, 9.17) is 9.97 Å². The number of hydrogen-bond donors (Lipinski definition) is 0. The van der Waals surface area contributed by atoms with Gasteiger partial charge in [0.1, 0.15) is 0 Å². The summed E-state index contributed by atoms with van der Waals surface area (Å²) in [5.41, 5.74) is 12.0. The predicted molar refractivity (Wildman–Crippen MR) is 263 cm³/mol. The van der Waals surface area contributed by atoms with Crippen molar-refractivity contribution in [3.05, 3.63) is 212 Å². The van der Waals surface area contributed by atoms with E-state index in [1.54, 1.807) is 0 Å². The lowest BCUT2D eigenvalue weighted by Crippen LogP contribution is -2.03. The number of benzene rings is 10. The number of hydrogen-bond acceptors (Lipinski definition) is 2. The second kappa shape index (κ2) is 13.0. The van der Waals surface area contributed by atoms with Gasteiger partial charge < -0.3 is 9.13 Å². The fourth-order valence-electron chi connectivity index (χ4n) is 10.5. The van der Waals surface area contributed by atoms with Gasteiger partial charge in [-0.05, 0) is 89.0 Å². The highest BCUT2D eigenvalue weighted by Gasteiger charge is 2.23. The van der Waals surface area contributed by atoms with Gasteiger partial charge >= 0.3 is 0 Å². The summed E-state index contributed by atoms with van der Waals surface area (Å²) >= 11 is 0. The first kappa shape index (κ1) is 34.2.